The van der Waals surface area contributed by atoms with Crippen molar-refractivity contribution in [2.45, 2.75) is 76.1 Å². The van der Waals surface area contributed by atoms with Crippen LogP contribution in [0.3, 0.4) is 0 Å². The molecule has 0 bridgehead atoms. The third kappa shape index (κ3) is 7.39. The fourth-order valence-corrected chi connectivity index (χ4v) is 6.21. The number of amides is 1. The molecule has 1 aromatic heterocycles. The van der Waals surface area contributed by atoms with Crippen LogP contribution in [-0.4, -0.2) is 59.0 Å². The smallest absolute Gasteiger partial charge is 0.423 e. The molecule has 0 radical (unpaired) electrons. The number of nitro groups is 1. The summed E-state index contributed by atoms with van der Waals surface area (Å²) in [6, 6.07) is 4.94. The monoisotopic (exact) mass is 575 g/mol. The molecule has 1 saturated heterocycles. The first-order valence-electron chi connectivity index (χ1n) is 14.4. The molecule has 2 aliphatic carbocycles. The van der Waals surface area contributed by atoms with Gasteiger partial charge in [0.25, 0.3) is 5.69 Å². The predicted molar refractivity (Wildman–Crippen MR) is 148 cm³/mol. The van der Waals surface area contributed by atoms with Crippen LogP contribution >= 0.6 is 0 Å². The van der Waals surface area contributed by atoms with Crippen molar-refractivity contribution in [1.82, 2.24) is 9.88 Å². The van der Waals surface area contributed by atoms with Gasteiger partial charge in [0.1, 0.15) is 11.3 Å². The lowest BCUT2D eigenvalue weighted by Crippen LogP contribution is -2.49. The van der Waals surface area contributed by atoms with Crippen molar-refractivity contribution in [2.75, 3.05) is 36.4 Å². The molecule has 2 heterocycles. The van der Waals surface area contributed by atoms with Gasteiger partial charge >= 0.3 is 6.18 Å². The van der Waals surface area contributed by atoms with E-state index in [0.717, 1.165) is 30.9 Å². The number of rotatable bonds is 8. The van der Waals surface area contributed by atoms with Crippen molar-refractivity contribution in [2.24, 2.45) is 5.92 Å². The zero-order valence-corrected chi connectivity index (χ0v) is 22.9. The maximum Gasteiger partial charge on any atom is 0.423 e. The molecule has 1 aromatic carbocycles. The van der Waals surface area contributed by atoms with E-state index in [4.69, 9.17) is 4.74 Å². The van der Waals surface area contributed by atoms with E-state index in [2.05, 4.69) is 15.2 Å². The highest BCUT2D eigenvalue weighted by Gasteiger charge is 2.38. The highest BCUT2D eigenvalue weighted by atomic mass is 19.4. The zero-order valence-electron chi connectivity index (χ0n) is 22.9. The molecular weight excluding hydrogens is 539 g/mol. The van der Waals surface area contributed by atoms with Gasteiger partial charge in [-0.2, -0.15) is 13.2 Å². The number of halogens is 3. The molecule has 1 N–H and O–H groups in total. The molecule has 3 aliphatic rings. The third-order valence-corrected chi connectivity index (χ3v) is 8.48. The Kier molecular flexibility index (Phi) is 8.84. The Hall–Kier alpha value is -3.57. The Bertz CT molecular complexity index is 1220. The quantitative estimate of drug-likeness (QED) is 0.303. The number of pyridine rings is 1. The van der Waals surface area contributed by atoms with Crippen LogP contribution in [0.15, 0.2) is 36.7 Å². The number of ether oxygens (including phenoxy) is 1. The standard InChI is InChI=1S/C29H36F3N5O4/c30-29(31,32)26-16-22(7-10-27(26)37(39)40)34-21-5-8-24(9-6-21)41-25-17-23(18-33-19-25)35-11-13-36(14-12-35)28(38)15-20-3-1-2-4-20/h7,10,16-21,24,34H,1-6,8-9,11-15H2. The van der Waals surface area contributed by atoms with E-state index in [1.807, 2.05) is 17.2 Å². The van der Waals surface area contributed by atoms with E-state index in [9.17, 15) is 28.1 Å². The van der Waals surface area contributed by atoms with Crippen molar-refractivity contribution in [1.29, 1.82) is 0 Å². The SMILES string of the molecule is O=C(CC1CCCC1)N1CCN(c2cncc(OC3CCC(Nc4ccc([N+](=O)[O-])c(C(F)(F)F)c4)CC3)c2)CC1. The Morgan fingerprint density at radius 2 is 1.73 bits per heavy atom. The van der Waals surface area contributed by atoms with E-state index in [1.54, 1.807) is 6.20 Å². The van der Waals surface area contributed by atoms with Crippen molar-refractivity contribution in [3.63, 3.8) is 0 Å². The average Bonchev–Trinajstić information content (AvgIpc) is 3.47. The summed E-state index contributed by atoms with van der Waals surface area (Å²) in [5.74, 6) is 1.49. The molecule has 5 rings (SSSR count). The molecule has 0 atom stereocenters. The minimum atomic E-state index is -4.81. The average molecular weight is 576 g/mol. The number of nitrogens with one attached hydrogen (secondary N) is 1. The number of benzene rings is 1. The number of nitro benzene ring substituents is 1. The Morgan fingerprint density at radius 1 is 1.02 bits per heavy atom. The van der Waals surface area contributed by atoms with Crippen LogP contribution < -0.4 is 15.0 Å². The molecule has 3 fully saturated rings. The van der Waals surface area contributed by atoms with Crippen LogP contribution in [0.5, 0.6) is 5.75 Å². The molecule has 1 amide bonds. The lowest BCUT2D eigenvalue weighted by Gasteiger charge is -2.36. The van der Waals surface area contributed by atoms with Crippen LogP contribution in [0, 0.1) is 16.0 Å². The summed E-state index contributed by atoms with van der Waals surface area (Å²) >= 11 is 0. The van der Waals surface area contributed by atoms with Crippen molar-refractivity contribution in [3.05, 3.63) is 52.3 Å². The minimum absolute atomic E-state index is 0.0437. The number of carbonyl (C=O) groups excluding carboxylic acids is 1. The number of nitrogens with zero attached hydrogens (tertiary/aromatic N) is 4. The highest BCUT2D eigenvalue weighted by molar-refractivity contribution is 5.76. The second-order valence-corrected chi connectivity index (χ2v) is 11.3. The summed E-state index contributed by atoms with van der Waals surface area (Å²) in [4.78, 5) is 31.3. The van der Waals surface area contributed by atoms with Gasteiger partial charge < -0.3 is 19.9 Å². The Labute approximate surface area is 237 Å². The van der Waals surface area contributed by atoms with E-state index in [0.29, 0.717) is 56.9 Å². The van der Waals surface area contributed by atoms with E-state index in [1.165, 1.54) is 31.7 Å². The summed E-state index contributed by atoms with van der Waals surface area (Å²) in [6.45, 7) is 2.90. The predicted octanol–water partition coefficient (Wildman–Crippen LogP) is 6.04. The fraction of sp³-hybridized carbons (Fsp3) is 0.586. The van der Waals surface area contributed by atoms with Crippen molar-refractivity contribution >= 4 is 23.0 Å². The Morgan fingerprint density at radius 3 is 2.39 bits per heavy atom. The van der Waals surface area contributed by atoms with Gasteiger partial charge in [0.15, 0.2) is 0 Å². The molecular formula is C29H36F3N5O4. The number of anilines is 2. The summed E-state index contributed by atoms with van der Waals surface area (Å²) in [5, 5.41) is 14.1. The van der Waals surface area contributed by atoms with Crippen molar-refractivity contribution in [3.8, 4) is 5.75 Å². The van der Waals surface area contributed by atoms with Gasteiger partial charge in [-0.1, -0.05) is 12.8 Å². The van der Waals surface area contributed by atoms with Gasteiger partial charge in [-0.15, -0.1) is 0 Å². The summed E-state index contributed by atoms with van der Waals surface area (Å²) in [5.41, 5.74) is -1.04. The topological polar surface area (TPSA) is 101 Å². The molecule has 41 heavy (non-hydrogen) atoms. The van der Waals surface area contributed by atoms with Gasteiger partial charge in [-0.25, -0.2) is 0 Å². The fourth-order valence-electron chi connectivity index (χ4n) is 6.21. The molecule has 2 aromatic rings. The van der Waals surface area contributed by atoms with Crippen LogP contribution in [0.25, 0.3) is 0 Å². The first kappa shape index (κ1) is 28.9. The maximum absolute atomic E-state index is 13.3. The number of hydrogen-bond acceptors (Lipinski definition) is 7. The van der Waals surface area contributed by atoms with E-state index < -0.39 is 22.4 Å². The van der Waals surface area contributed by atoms with E-state index in [-0.39, 0.29) is 23.7 Å². The number of piperazine rings is 1. The minimum Gasteiger partial charge on any atom is -0.489 e. The number of carbonyl (C=O) groups is 1. The molecule has 9 nitrogen and oxygen atoms in total. The zero-order chi connectivity index (χ0) is 29.0. The number of alkyl halides is 3. The summed E-state index contributed by atoms with van der Waals surface area (Å²) in [6.07, 6.45) is 6.93. The lowest BCUT2D eigenvalue weighted by atomic mass is 9.92. The number of aromatic nitrogens is 1. The van der Waals surface area contributed by atoms with Crippen LogP contribution in [0.2, 0.25) is 0 Å². The summed E-state index contributed by atoms with van der Waals surface area (Å²) < 4.78 is 46.2. The van der Waals surface area contributed by atoms with E-state index >= 15 is 0 Å². The highest BCUT2D eigenvalue weighted by Crippen LogP contribution is 2.38. The molecule has 2 saturated carbocycles. The lowest BCUT2D eigenvalue weighted by molar-refractivity contribution is -0.388. The van der Waals surface area contributed by atoms with Gasteiger partial charge in [-0.3, -0.25) is 19.9 Å². The second-order valence-electron chi connectivity index (χ2n) is 11.3. The largest absolute Gasteiger partial charge is 0.489 e. The first-order valence-corrected chi connectivity index (χ1v) is 14.4. The van der Waals surface area contributed by atoms with Gasteiger partial charge in [0.2, 0.25) is 5.91 Å². The number of hydrogen-bond donors (Lipinski definition) is 1. The Balaban J connectivity index is 1.09. The first-order chi connectivity index (χ1) is 19.7. The summed E-state index contributed by atoms with van der Waals surface area (Å²) in [7, 11) is 0. The molecule has 0 unspecified atom stereocenters. The second kappa shape index (κ2) is 12.5. The van der Waals surface area contributed by atoms with Crippen LogP contribution in [0.4, 0.5) is 30.2 Å². The third-order valence-electron chi connectivity index (χ3n) is 8.48. The maximum atomic E-state index is 13.3. The van der Waals surface area contributed by atoms with Crippen LogP contribution in [0.1, 0.15) is 63.4 Å². The van der Waals surface area contributed by atoms with Crippen molar-refractivity contribution < 1.29 is 27.6 Å². The molecule has 0 spiro atoms. The van der Waals surface area contributed by atoms with Gasteiger partial charge in [0.05, 0.1) is 29.1 Å². The normalized spacial score (nSPS) is 22.0. The van der Waals surface area contributed by atoms with Gasteiger partial charge in [0, 0.05) is 56.5 Å². The molecule has 1 aliphatic heterocycles. The van der Waals surface area contributed by atoms with Gasteiger partial charge in [-0.05, 0) is 56.6 Å². The molecule has 222 valence electrons. The van der Waals surface area contributed by atoms with Crippen LogP contribution in [-0.2, 0) is 11.0 Å². The molecule has 12 heteroatoms.